The zero-order chi connectivity index (χ0) is 15.6. The van der Waals surface area contributed by atoms with Crippen molar-refractivity contribution in [1.29, 1.82) is 0 Å². The Bertz CT molecular complexity index is 662. The van der Waals surface area contributed by atoms with Crippen molar-refractivity contribution >= 4 is 45.0 Å². The molecule has 6 heteroatoms. The van der Waals surface area contributed by atoms with E-state index in [2.05, 4.69) is 20.9 Å². The van der Waals surface area contributed by atoms with Gasteiger partial charge in [-0.1, -0.05) is 32.9 Å². The maximum atomic E-state index is 11.4. The van der Waals surface area contributed by atoms with Crippen LogP contribution < -0.4 is 0 Å². The van der Waals surface area contributed by atoms with E-state index in [4.69, 9.17) is 0 Å². The molecule has 0 saturated carbocycles. The summed E-state index contributed by atoms with van der Waals surface area (Å²) in [6, 6.07) is 7.98. The lowest BCUT2D eigenvalue weighted by Gasteiger charge is -2.16. The van der Waals surface area contributed by atoms with Gasteiger partial charge in [-0.3, -0.25) is 0 Å². The predicted molar refractivity (Wildman–Crippen MR) is 91.5 cm³/mol. The first kappa shape index (κ1) is 16.5. The lowest BCUT2D eigenvalue weighted by atomic mass is 9.91. The number of aromatic nitrogens is 1. The van der Waals surface area contributed by atoms with E-state index >= 15 is 0 Å². The van der Waals surface area contributed by atoms with Gasteiger partial charge in [0.25, 0.3) is 0 Å². The molecule has 0 radical (unpaired) electrons. The Morgan fingerprint density at radius 2 is 2.05 bits per heavy atom. The standard InChI is InChI=1S/C15H16BrNO2S2/c1-15(2,3)13-12(14(18)19)21-11(17-13)8-20-10-7-5-4-6-9(10)16/h4-7H,8H2,1-3H3,(H,18,19). The summed E-state index contributed by atoms with van der Waals surface area (Å²) < 4.78 is 1.04. The van der Waals surface area contributed by atoms with E-state index in [-0.39, 0.29) is 5.41 Å². The molecule has 1 aromatic heterocycles. The van der Waals surface area contributed by atoms with Crippen molar-refractivity contribution in [2.45, 2.75) is 36.8 Å². The van der Waals surface area contributed by atoms with Gasteiger partial charge in [-0.15, -0.1) is 23.1 Å². The summed E-state index contributed by atoms with van der Waals surface area (Å²) in [6.45, 7) is 5.96. The summed E-state index contributed by atoms with van der Waals surface area (Å²) in [5.41, 5.74) is 0.406. The first-order valence-corrected chi connectivity index (χ1v) is 8.99. The number of benzene rings is 1. The third-order valence-electron chi connectivity index (χ3n) is 2.76. The number of aromatic carboxylic acids is 1. The van der Waals surface area contributed by atoms with Crippen LogP contribution >= 0.6 is 39.0 Å². The van der Waals surface area contributed by atoms with Crippen molar-refractivity contribution in [3.05, 3.63) is 44.3 Å². The van der Waals surface area contributed by atoms with Gasteiger partial charge in [0.05, 0.1) is 11.4 Å². The molecule has 0 bridgehead atoms. The van der Waals surface area contributed by atoms with Crippen LogP contribution in [0.3, 0.4) is 0 Å². The Kier molecular flexibility index (Phi) is 5.11. The second-order valence-corrected chi connectivity index (χ2v) is 8.51. The summed E-state index contributed by atoms with van der Waals surface area (Å²) in [4.78, 5) is 17.4. The number of thioether (sulfide) groups is 1. The molecule has 2 rings (SSSR count). The molecule has 0 aliphatic rings. The number of rotatable bonds is 4. The summed E-state index contributed by atoms with van der Waals surface area (Å²) >= 11 is 6.44. The minimum absolute atomic E-state index is 0.263. The van der Waals surface area contributed by atoms with Crippen LogP contribution in [-0.4, -0.2) is 16.1 Å². The summed E-state index contributed by atoms with van der Waals surface area (Å²) in [5, 5.41) is 10.2. The predicted octanol–water partition coefficient (Wildman–Crippen LogP) is 5.19. The molecule has 0 spiro atoms. The first-order valence-electron chi connectivity index (χ1n) is 6.40. The highest BCUT2D eigenvalue weighted by atomic mass is 79.9. The molecule has 1 heterocycles. The Labute approximate surface area is 140 Å². The van der Waals surface area contributed by atoms with Crippen LogP contribution in [0.25, 0.3) is 0 Å². The van der Waals surface area contributed by atoms with Crippen molar-refractivity contribution in [2.24, 2.45) is 0 Å². The molecular formula is C15H16BrNO2S2. The Morgan fingerprint density at radius 1 is 1.38 bits per heavy atom. The van der Waals surface area contributed by atoms with Gasteiger partial charge in [0.1, 0.15) is 9.88 Å². The molecule has 2 aromatic rings. The van der Waals surface area contributed by atoms with Crippen molar-refractivity contribution in [1.82, 2.24) is 4.98 Å². The zero-order valence-electron chi connectivity index (χ0n) is 12.0. The Balaban J connectivity index is 2.22. The fourth-order valence-corrected chi connectivity index (χ4v) is 4.45. The first-order chi connectivity index (χ1) is 9.79. The molecule has 0 aliphatic heterocycles. The zero-order valence-corrected chi connectivity index (χ0v) is 15.2. The smallest absolute Gasteiger partial charge is 0.347 e. The van der Waals surface area contributed by atoms with Gasteiger partial charge in [0.15, 0.2) is 0 Å². The number of halogens is 1. The second kappa shape index (κ2) is 6.50. The normalized spacial score (nSPS) is 11.6. The average Bonchev–Trinajstić information content (AvgIpc) is 2.82. The Morgan fingerprint density at radius 3 is 2.57 bits per heavy atom. The fraction of sp³-hybridized carbons (Fsp3) is 0.333. The number of carboxylic acid groups (broad SMARTS) is 1. The molecule has 1 N–H and O–H groups in total. The van der Waals surface area contributed by atoms with E-state index in [1.807, 2.05) is 45.0 Å². The number of hydrogen-bond acceptors (Lipinski definition) is 4. The van der Waals surface area contributed by atoms with Gasteiger partial charge in [-0.2, -0.15) is 0 Å². The van der Waals surface area contributed by atoms with Gasteiger partial charge in [0.2, 0.25) is 0 Å². The van der Waals surface area contributed by atoms with Gasteiger partial charge >= 0.3 is 5.97 Å². The molecule has 3 nitrogen and oxygen atoms in total. The maximum Gasteiger partial charge on any atom is 0.347 e. The monoisotopic (exact) mass is 385 g/mol. The molecule has 0 amide bonds. The molecule has 0 aliphatic carbocycles. The van der Waals surface area contributed by atoms with Crippen molar-refractivity contribution < 1.29 is 9.90 Å². The van der Waals surface area contributed by atoms with Gasteiger partial charge in [0, 0.05) is 14.8 Å². The van der Waals surface area contributed by atoms with Gasteiger partial charge in [-0.05, 0) is 28.1 Å². The number of hydrogen-bond donors (Lipinski definition) is 1. The van der Waals surface area contributed by atoms with E-state index in [1.54, 1.807) is 11.8 Å². The lowest BCUT2D eigenvalue weighted by Crippen LogP contribution is -2.16. The highest BCUT2D eigenvalue weighted by Crippen LogP contribution is 2.34. The molecule has 0 saturated heterocycles. The van der Waals surface area contributed by atoms with Gasteiger partial charge in [-0.25, -0.2) is 9.78 Å². The summed E-state index contributed by atoms with van der Waals surface area (Å²) in [7, 11) is 0. The van der Waals surface area contributed by atoms with Crippen LogP contribution in [0.1, 0.15) is 41.1 Å². The van der Waals surface area contributed by atoms with Crippen molar-refractivity contribution in [2.75, 3.05) is 0 Å². The van der Waals surface area contributed by atoms with Crippen LogP contribution in [0.4, 0.5) is 0 Å². The highest BCUT2D eigenvalue weighted by Gasteiger charge is 2.26. The largest absolute Gasteiger partial charge is 0.477 e. The third-order valence-corrected chi connectivity index (χ3v) is 6.03. The highest BCUT2D eigenvalue weighted by molar-refractivity contribution is 9.10. The van der Waals surface area contributed by atoms with Crippen LogP contribution in [0.2, 0.25) is 0 Å². The van der Waals surface area contributed by atoms with E-state index < -0.39 is 5.97 Å². The number of carbonyl (C=O) groups is 1. The van der Waals surface area contributed by atoms with E-state index in [0.717, 1.165) is 14.4 Å². The van der Waals surface area contributed by atoms with Crippen LogP contribution in [0.5, 0.6) is 0 Å². The van der Waals surface area contributed by atoms with Gasteiger partial charge < -0.3 is 5.11 Å². The Hall–Kier alpha value is -0.850. The molecule has 0 atom stereocenters. The molecule has 0 fully saturated rings. The van der Waals surface area contributed by atoms with Crippen molar-refractivity contribution in [3.63, 3.8) is 0 Å². The molecule has 21 heavy (non-hydrogen) atoms. The average molecular weight is 386 g/mol. The maximum absolute atomic E-state index is 11.4. The van der Waals surface area contributed by atoms with Crippen LogP contribution in [0.15, 0.2) is 33.6 Å². The van der Waals surface area contributed by atoms with Crippen LogP contribution in [-0.2, 0) is 11.2 Å². The van der Waals surface area contributed by atoms with Crippen molar-refractivity contribution in [3.8, 4) is 0 Å². The third kappa shape index (κ3) is 4.08. The number of thiazole rings is 1. The summed E-state index contributed by atoms with van der Waals surface area (Å²) in [5.74, 6) is -0.224. The fourth-order valence-electron chi connectivity index (χ4n) is 1.78. The molecular weight excluding hydrogens is 370 g/mol. The lowest BCUT2D eigenvalue weighted by molar-refractivity contribution is 0.0699. The molecule has 0 unspecified atom stereocenters. The molecule has 1 aromatic carbocycles. The quantitative estimate of drug-likeness (QED) is 0.735. The second-order valence-electron chi connectivity index (χ2n) is 5.56. The minimum Gasteiger partial charge on any atom is -0.477 e. The number of nitrogens with zero attached hydrogens (tertiary/aromatic N) is 1. The van der Waals surface area contributed by atoms with Crippen LogP contribution in [0, 0.1) is 0 Å². The van der Waals surface area contributed by atoms with E-state index in [1.165, 1.54) is 11.3 Å². The minimum atomic E-state index is -0.894. The van der Waals surface area contributed by atoms with E-state index in [9.17, 15) is 9.90 Å². The molecule has 112 valence electrons. The van der Waals surface area contributed by atoms with E-state index in [0.29, 0.717) is 16.3 Å². The SMILES string of the molecule is CC(C)(C)c1nc(CSc2ccccc2Br)sc1C(=O)O. The topological polar surface area (TPSA) is 50.2 Å². The number of carboxylic acids is 1. The summed E-state index contributed by atoms with van der Waals surface area (Å²) in [6.07, 6.45) is 0.